The predicted octanol–water partition coefficient (Wildman–Crippen LogP) is -3.18. The molecule has 7 heteroatoms. The van der Waals surface area contributed by atoms with Crippen LogP contribution in [0.4, 0.5) is 0 Å². The second-order valence-electron chi connectivity index (χ2n) is 3.11. The van der Waals surface area contributed by atoms with E-state index in [0.717, 1.165) is 5.56 Å². The van der Waals surface area contributed by atoms with E-state index in [1.54, 1.807) is 24.5 Å². The Morgan fingerprint density at radius 3 is 2.65 bits per heavy atom. The summed E-state index contributed by atoms with van der Waals surface area (Å²) in [4.78, 5) is 14.1. The van der Waals surface area contributed by atoms with Crippen molar-refractivity contribution in [2.75, 3.05) is 0 Å². The van der Waals surface area contributed by atoms with Gasteiger partial charge in [-0.05, 0) is 18.6 Å². The van der Waals surface area contributed by atoms with Crippen LogP contribution in [0.3, 0.4) is 0 Å². The van der Waals surface area contributed by atoms with Gasteiger partial charge in [0.2, 0.25) is 11.8 Å². The first-order valence-corrected chi connectivity index (χ1v) is 4.68. The van der Waals surface area contributed by atoms with Crippen LogP contribution in [0, 0.1) is 0 Å². The molecule has 0 aliphatic rings. The molecule has 0 saturated heterocycles. The van der Waals surface area contributed by atoms with Crippen LogP contribution in [-0.2, 0) is 11.2 Å². The molecule has 17 heavy (non-hydrogen) atoms. The molecule has 0 aliphatic heterocycles. The molecule has 0 unspecified atom stereocenters. The van der Waals surface area contributed by atoms with Crippen LogP contribution in [0.5, 0.6) is 0 Å². The summed E-state index contributed by atoms with van der Waals surface area (Å²) in [5.74, 6) is -0.490. The van der Waals surface area contributed by atoms with Gasteiger partial charge in [0.15, 0.2) is 0 Å². The first-order valence-electron chi connectivity index (χ1n) is 4.68. The van der Waals surface area contributed by atoms with E-state index in [2.05, 4.69) is 15.2 Å². The molecule has 0 aromatic carbocycles. The monoisotopic (exact) mass is 225 g/mol. The molecule has 0 N–H and O–H groups in total. The number of rotatable bonds is 4. The Morgan fingerprint density at radius 2 is 2.00 bits per heavy atom. The van der Waals surface area contributed by atoms with Crippen molar-refractivity contribution in [3.63, 3.8) is 0 Å². The van der Waals surface area contributed by atoms with Gasteiger partial charge >= 0.3 is 18.9 Å². The van der Waals surface area contributed by atoms with Crippen LogP contribution in [0.2, 0.25) is 0 Å². The van der Waals surface area contributed by atoms with Crippen molar-refractivity contribution in [2.24, 2.45) is 0 Å². The van der Waals surface area contributed by atoms with E-state index in [0.29, 0.717) is 5.89 Å². The minimum Gasteiger partial charge on any atom is -0.550 e. The molecule has 0 spiro atoms. The van der Waals surface area contributed by atoms with Crippen molar-refractivity contribution in [3.05, 3.63) is 30.4 Å². The second-order valence-corrected chi connectivity index (χ2v) is 3.11. The molecular formula is C10H8LiN3O3. The molecule has 0 fully saturated rings. The number of carbonyl (C=O) groups is 1. The van der Waals surface area contributed by atoms with Gasteiger partial charge < -0.3 is 14.3 Å². The maximum absolute atomic E-state index is 10.2. The Labute approximate surface area is 109 Å². The van der Waals surface area contributed by atoms with E-state index < -0.39 is 5.97 Å². The number of carbonyl (C=O) groups excluding carboxylic acids is 1. The number of hydrogen-bond donors (Lipinski definition) is 0. The fraction of sp³-hybridized carbons (Fsp3) is 0.200. The van der Waals surface area contributed by atoms with Crippen LogP contribution >= 0.6 is 0 Å². The first-order chi connectivity index (χ1) is 7.75. The second kappa shape index (κ2) is 6.18. The van der Waals surface area contributed by atoms with Gasteiger partial charge in [-0.1, -0.05) is 0 Å². The van der Waals surface area contributed by atoms with Crippen LogP contribution in [0.25, 0.3) is 11.5 Å². The number of hydrogen-bond acceptors (Lipinski definition) is 6. The predicted molar refractivity (Wildman–Crippen MR) is 50.9 cm³/mol. The molecule has 2 aromatic rings. The molecule has 2 aromatic heterocycles. The minimum atomic E-state index is -1.14. The molecular weight excluding hydrogens is 217 g/mol. The van der Waals surface area contributed by atoms with Gasteiger partial charge in [0.1, 0.15) is 0 Å². The summed E-state index contributed by atoms with van der Waals surface area (Å²) in [7, 11) is 0. The van der Waals surface area contributed by atoms with E-state index in [1.165, 1.54) is 0 Å². The zero-order valence-corrected chi connectivity index (χ0v) is 9.29. The smallest absolute Gasteiger partial charge is 0.550 e. The van der Waals surface area contributed by atoms with E-state index in [9.17, 15) is 9.90 Å². The van der Waals surface area contributed by atoms with E-state index >= 15 is 0 Å². The average molecular weight is 225 g/mol. The molecule has 0 saturated carbocycles. The topological polar surface area (TPSA) is 91.9 Å². The largest absolute Gasteiger partial charge is 1.00 e. The van der Waals surface area contributed by atoms with Crippen molar-refractivity contribution in [1.82, 2.24) is 15.2 Å². The van der Waals surface area contributed by atoms with Gasteiger partial charge in [0.05, 0.1) is 0 Å². The van der Waals surface area contributed by atoms with Crippen LogP contribution in [-0.4, -0.2) is 21.2 Å². The minimum absolute atomic E-state index is 0. The number of carboxylic acids is 1. The molecule has 6 nitrogen and oxygen atoms in total. The molecule has 2 rings (SSSR count). The molecule has 0 bridgehead atoms. The Morgan fingerprint density at radius 1 is 1.29 bits per heavy atom. The van der Waals surface area contributed by atoms with Crippen molar-refractivity contribution < 1.29 is 33.2 Å². The van der Waals surface area contributed by atoms with Crippen LogP contribution in [0.1, 0.15) is 12.3 Å². The third-order valence-electron chi connectivity index (χ3n) is 1.94. The zero-order valence-electron chi connectivity index (χ0n) is 9.29. The molecule has 0 radical (unpaired) electrons. The summed E-state index contributed by atoms with van der Waals surface area (Å²) in [6.07, 6.45) is 3.28. The number of nitrogens with zero attached hydrogens (tertiary/aromatic N) is 3. The Balaban J connectivity index is 0.00000144. The van der Waals surface area contributed by atoms with Gasteiger partial charge in [-0.2, -0.15) is 0 Å². The van der Waals surface area contributed by atoms with E-state index in [4.69, 9.17) is 4.42 Å². The SMILES string of the molecule is O=C([O-])CCc1nnc(-c2ccncc2)o1.[Li+]. The normalized spacial score (nSPS) is 9.65. The van der Waals surface area contributed by atoms with Crippen molar-refractivity contribution in [1.29, 1.82) is 0 Å². The molecule has 2 heterocycles. The Kier molecular flexibility index (Phi) is 4.88. The van der Waals surface area contributed by atoms with Gasteiger partial charge in [-0.25, -0.2) is 0 Å². The fourth-order valence-corrected chi connectivity index (χ4v) is 1.17. The van der Waals surface area contributed by atoms with Gasteiger partial charge in [0.25, 0.3) is 0 Å². The Hall–Kier alpha value is -1.64. The Bertz CT molecular complexity index is 487. The summed E-state index contributed by atoms with van der Waals surface area (Å²) >= 11 is 0. The number of pyridine rings is 1. The third kappa shape index (κ3) is 3.70. The summed E-state index contributed by atoms with van der Waals surface area (Å²) in [6, 6.07) is 3.46. The molecule has 0 amide bonds. The quantitative estimate of drug-likeness (QED) is 0.509. The zero-order chi connectivity index (χ0) is 11.4. The van der Waals surface area contributed by atoms with Gasteiger partial charge in [0, 0.05) is 30.3 Å². The van der Waals surface area contributed by atoms with Crippen LogP contribution < -0.4 is 24.0 Å². The van der Waals surface area contributed by atoms with E-state index in [1.807, 2.05) is 0 Å². The number of aromatic nitrogens is 3. The number of carboxylic acid groups (broad SMARTS) is 1. The summed E-state index contributed by atoms with van der Waals surface area (Å²) in [5.41, 5.74) is 0.752. The van der Waals surface area contributed by atoms with Crippen molar-refractivity contribution in [2.45, 2.75) is 12.8 Å². The maximum Gasteiger partial charge on any atom is 1.00 e. The summed E-state index contributed by atoms with van der Waals surface area (Å²) < 4.78 is 5.28. The van der Waals surface area contributed by atoms with Gasteiger partial charge in [-0.15, -0.1) is 10.2 Å². The third-order valence-corrected chi connectivity index (χ3v) is 1.94. The fourth-order valence-electron chi connectivity index (χ4n) is 1.17. The molecule has 0 atom stereocenters. The standard InChI is InChI=1S/C10H9N3O3.Li/c14-9(15)2-1-8-12-13-10(16-8)7-3-5-11-6-4-7;/h3-6H,1-2H2,(H,14,15);/q;+1/p-1. The van der Waals surface area contributed by atoms with Gasteiger partial charge in [-0.3, -0.25) is 4.98 Å². The number of aryl methyl sites for hydroxylation is 1. The maximum atomic E-state index is 10.2. The molecule has 82 valence electrons. The summed E-state index contributed by atoms with van der Waals surface area (Å²) in [6.45, 7) is 0. The number of aliphatic carboxylic acids is 1. The van der Waals surface area contributed by atoms with Crippen molar-refractivity contribution in [3.8, 4) is 11.5 Å². The molecule has 0 aliphatic carbocycles. The first kappa shape index (κ1) is 13.4. The van der Waals surface area contributed by atoms with Crippen molar-refractivity contribution >= 4 is 5.97 Å². The van der Waals surface area contributed by atoms with E-state index in [-0.39, 0.29) is 37.6 Å². The van der Waals surface area contributed by atoms with Crippen LogP contribution in [0.15, 0.2) is 28.9 Å². The summed E-state index contributed by atoms with van der Waals surface area (Å²) in [5, 5.41) is 17.8. The average Bonchev–Trinajstić information content (AvgIpc) is 2.76.